The van der Waals surface area contributed by atoms with Crippen LogP contribution in [0.1, 0.15) is 36.8 Å². The zero-order chi connectivity index (χ0) is 31.3. The smallest absolute Gasteiger partial charge is 0.427 e. The van der Waals surface area contributed by atoms with Crippen molar-refractivity contribution in [1.29, 1.82) is 0 Å². The maximum absolute atomic E-state index is 14.0. The summed E-state index contributed by atoms with van der Waals surface area (Å²) in [5.74, 6) is 0.458. The Morgan fingerprint density at radius 1 is 0.837 bits per heavy atom. The Morgan fingerprint density at radius 2 is 1.49 bits per heavy atom. The number of hydrogen-bond donors (Lipinski definition) is 1. The molecule has 0 spiro atoms. The molecule has 11 nitrogen and oxygen atoms in total. The maximum atomic E-state index is 14.0. The summed E-state index contributed by atoms with van der Waals surface area (Å²) in [6.45, 7) is 5.29. The Labute approximate surface area is 248 Å². The van der Waals surface area contributed by atoms with Gasteiger partial charge in [-0.2, -0.15) is 0 Å². The van der Waals surface area contributed by atoms with E-state index in [1.54, 1.807) is 51.1 Å². The Bertz CT molecular complexity index is 1680. The number of pyridine rings is 1. The molecule has 4 aromatic rings. The molecule has 3 aromatic carbocycles. The molecule has 0 unspecified atom stereocenters. The number of methoxy groups -OCH3 is 4. The summed E-state index contributed by atoms with van der Waals surface area (Å²) in [7, 11) is 5.56. The van der Waals surface area contributed by atoms with E-state index < -0.39 is 23.2 Å². The van der Waals surface area contributed by atoms with Crippen LogP contribution < -0.4 is 29.9 Å². The maximum Gasteiger partial charge on any atom is 0.427 e. The predicted octanol–water partition coefficient (Wildman–Crippen LogP) is 5.54. The fourth-order valence-electron chi connectivity index (χ4n) is 4.52. The number of ether oxygens (including phenoxy) is 6. The molecule has 11 heteroatoms. The number of nitrogens with one attached hydrogen (secondary N) is 1. The molecule has 226 valence electrons. The van der Waals surface area contributed by atoms with Crippen LogP contribution in [0.5, 0.6) is 23.0 Å². The Morgan fingerprint density at radius 3 is 2.05 bits per heavy atom. The van der Waals surface area contributed by atoms with Gasteiger partial charge in [-0.15, -0.1) is 0 Å². The van der Waals surface area contributed by atoms with Gasteiger partial charge in [-0.25, -0.2) is 19.7 Å². The predicted molar refractivity (Wildman–Crippen MR) is 161 cm³/mol. The van der Waals surface area contributed by atoms with Crippen LogP contribution >= 0.6 is 0 Å². The molecule has 0 radical (unpaired) electrons. The number of carbonyl (C=O) groups excluding carboxylic acids is 2. The monoisotopic (exact) mass is 590 g/mol. The quantitative estimate of drug-likeness (QED) is 0.250. The highest BCUT2D eigenvalue weighted by atomic mass is 16.6. The Hall–Kier alpha value is -5.19. The van der Waals surface area contributed by atoms with Crippen molar-refractivity contribution < 1.29 is 38.0 Å². The summed E-state index contributed by atoms with van der Waals surface area (Å²) >= 11 is 0. The topological polar surface area (TPSA) is 124 Å². The van der Waals surface area contributed by atoms with Crippen molar-refractivity contribution >= 4 is 22.8 Å². The third-order valence-corrected chi connectivity index (χ3v) is 6.34. The van der Waals surface area contributed by atoms with Gasteiger partial charge < -0.3 is 28.4 Å². The molecule has 0 aliphatic rings. The average molecular weight is 591 g/mol. The molecule has 0 atom stereocenters. The lowest BCUT2D eigenvalue weighted by Crippen LogP contribution is -2.40. The standard InChI is InChI=1S/C32H34N2O9/c1-32(2,3)43-31(37)33-34-27(30(36)41-7)26(20-15-24(38-4)28(40-6)25(16-20)39-5)22-14-13-21(17-23(22)29(34)35)42-18-19-11-9-8-10-12-19/h8-17H,18H2,1-7H3,(H,33,37). The second-order valence-corrected chi connectivity index (χ2v) is 10.4. The van der Waals surface area contributed by atoms with Crippen LogP contribution in [0, 0.1) is 0 Å². The SMILES string of the molecule is COC(=O)c1c(-c2cc(OC)c(OC)c(OC)c2)c2ccc(OCc3ccccc3)cc2c(=O)n1NC(=O)OC(C)(C)C. The molecule has 1 N–H and O–H groups in total. The van der Waals surface area contributed by atoms with Gasteiger partial charge in [0.2, 0.25) is 5.75 Å². The minimum atomic E-state index is -0.952. The number of esters is 1. The number of rotatable bonds is 9. The van der Waals surface area contributed by atoms with Crippen LogP contribution in [0.2, 0.25) is 0 Å². The molecule has 0 saturated carbocycles. The molecule has 1 aromatic heterocycles. The van der Waals surface area contributed by atoms with E-state index >= 15 is 0 Å². The average Bonchev–Trinajstić information content (AvgIpc) is 2.99. The zero-order valence-corrected chi connectivity index (χ0v) is 25.1. The highest BCUT2D eigenvalue weighted by molar-refractivity contribution is 6.07. The number of fused-ring (bicyclic) bond motifs is 1. The van der Waals surface area contributed by atoms with Crippen molar-refractivity contribution in [2.24, 2.45) is 0 Å². The van der Waals surface area contributed by atoms with Gasteiger partial charge >= 0.3 is 12.1 Å². The van der Waals surface area contributed by atoms with E-state index in [2.05, 4.69) is 5.43 Å². The first-order valence-corrected chi connectivity index (χ1v) is 13.3. The van der Waals surface area contributed by atoms with Gasteiger partial charge in [-0.05, 0) is 67.6 Å². The summed E-state index contributed by atoms with van der Waals surface area (Å²) in [6, 6.07) is 17.7. The van der Waals surface area contributed by atoms with Gasteiger partial charge in [-0.3, -0.25) is 4.79 Å². The number of amides is 1. The lowest BCUT2D eigenvalue weighted by molar-refractivity contribution is 0.0580. The molecule has 43 heavy (non-hydrogen) atoms. The second kappa shape index (κ2) is 12.8. The molecule has 0 saturated heterocycles. The van der Waals surface area contributed by atoms with Crippen molar-refractivity contribution in [3.05, 3.63) is 82.3 Å². The Kier molecular flexibility index (Phi) is 9.13. The van der Waals surface area contributed by atoms with Gasteiger partial charge in [0.15, 0.2) is 17.2 Å². The van der Waals surface area contributed by atoms with E-state index in [-0.39, 0.29) is 23.3 Å². The van der Waals surface area contributed by atoms with Crippen molar-refractivity contribution in [2.45, 2.75) is 33.0 Å². The van der Waals surface area contributed by atoms with Gasteiger partial charge in [0.25, 0.3) is 5.56 Å². The number of benzene rings is 3. The summed E-state index contributed by atoms with van der Waals surface area (Å²) in [5, 5.41) is 0.534. The van der Waals surface area contributed by atoms with Gasteiger partial charge in [0.05, 0.1) is 33.8 Å². The third-order valence-electron chi connectivity index (χ3n) is 6.34. The van der Waals surface area contributed by atoms with Crippen LogP contribution in [-0.2, 0) is 16.1 Å². The molecule has 0 bridgehead atoms. The highest BCUT2D eigenvalue weighted by Crippen LogP contribution is 2.43. The number of hydrogen-bond acceptors (Lipinski definition) is 9. The van der Waals surface area contributed by atoms with Crippen LogP contribution in [0.15, 0.2) is 65.5 Å². The van der Waals surface area contributed by atoms with E-state index in [1.165, 1.54) is 28.4 Å². The van der Waals surface area contributed by atoms with Crippen LogP contribution in [0.4, 0.5) is 4.79 Å². The van der Waals surface area contributed by atoms with Gasteiger partial charge in [0, 0.05) is 5.56 Å². The van der Waals surface area contributed by atoms with Crippen LogP contribution in [-0.4, -0.2) is 50.8 Å². The molecule has 4 rings (SSSR count). The largest absolute Gasteiger partial charge is 0.493 e. The number of carbonyl (C=O) groups is 2. The number of aromatic nitrogens is 1. The summed E-state index contributed by atoms with van der Waals surface area (Å²) < 4.78 is 33.9. The summed E-state index contributed by atoms with van der Waals surface area (Å²) in [6.07, 6.45) is -0.952. The molecule has 0 aliphatic heterocycles. The van der Waals surface area contributed by atoms with Crippen LogP contribution in [0.25, 0.3) is 21.9 Å². The van der Waals surface area contributed by atoms with Gasteiger partial charge in [0.1, 0.15) is 18.0 Å². The normalized spacial score (nSPS) is 11.0. The first kappa shape index (κ1) is 30.8. The highest BCUT2D eigenvalue weighted by Gasteiger charge is 2.28. The molecule has 0 fully saturated rings. The molecule has 1 heterocycles. The molecule has 0 aliphatic carbocycles. The van der Waals surface area contributed by atoms with Crippen molar-refractivity contribution in [3.8, 4) is 34.1 Å². The van der Waals surface area contributed by atoms with E-state index in [0.717, 1.165) is 10.2 Å². The summed E-state index contributed by atoms with van der Waals surface area (Å²) in [5.41, 5.74) is 2.19. The van der Waals surface area contributed by atoms with Gasteiger partial charge in [-0.1, -0.05) is 30.3 Å². The van der Waals surface area contributed by atoms with Crippen LogP contribution in [0.3, 0.4) is 0 Å². The van der Waals surface area contributed by atoms with E-state index in [4.69, 9.17) is 28.4 Å². The minimum absolute atomic E-state index is 0.151. The van der Waals surface area contributed by atoms with E-state index in [0.29, 0.717) is 33.9 Å². The molecular formula is C32H34N2O9. The van der Waals surface area contributed by atoms with Crippen molar-refractivity contribution in [2.75, 3.05) is 33.9 Å². The zero-order valence-electron chi connectivity index (χ0n) is 25.1. The first-order valence-electron chi connectivity index (χ1n) is 13.3. The lowest BCUT2D eigenvalue weighted by Gasteiger charge is -2.23. The fourth-order valence-corrected chi connectivity index (χ4v) is 4.52. The second-order valence-electron chi connectivity index (χ2n) is 10.4. The lowest BCUT2D eigenvalue weighted by atomic mass is 9.96. The fraction of sp³-hybridized carbons (Fsp3) is 0.281. The number of nitrogens with zero attached hydrogens (tertiary/aromatic N) is 1. The Balaban J connectivity index is 2.03. The summed E-state index contributed by atoms with van der Waals surface area (Å²) in [4.78, 5) is 40.3. The van der Waals surface area contributed by atoms with Crippen molar-refractivity contribution in [3.63, 3.8) is 0 Å². The van der Waals surface area contributed by atoms with Crippen molar-refractivity contribution in [1.82, 2.24) is 4.68 Å². The van der Waals surface area contributed by atoms with E-state index in [1.807, 2.05) is 30.3 Å². The molecule has 1 amide bonds. The first-order chi connectivity index (χ1) is 20.5. The molecular weight excluding hydrogens is 556 g/mol. The third kappa shape index (κ3) is 6.66. The van der Waals surface area contributed by atoms with E-state index in [9.17, 15) is 14.4 Å². The minimum Gasteiger partial charge on any atom is -0.493 e.